The number of anilines is 1. The van der Waals surface area contributed by atoms with Gasteiger partial charge in [0.15, 0.2) is 0 Å². The van der Waals surface area contributed by atoms with Crippen molar-refractivity contribution >= 4 is 22.9 Å². The van der Waals surface area contributed by atoms with Crippen LogP contribution in [0.25, 0.3) is 11.1 Å². The van der Waals surface area contributed by atoms with E-state index in [1.807, 2.05) is 5.38 Å². The zero-order chi connectivity index (χ0) is 19.2. The van der Waals surface area contributed by atoms with Gasteiger partial charge in [-0.15, -0.1) is 11.3 Å². The minimum Gasteiger partial charge on any atom is -0.325 e. The van der Waals surface area contributed by atoms with E-state index >= 15 is 0 Å². The molecule has 3 aromatic rings. The lowest BCUT2D eigenvalue weighted by Gasteiger charge is -2.24. The lowest BCUT2D eigenvalue weighted by atomic mass is 9.88. The number of rotatable bonds is 2. The number of alkyl halides is 3. The molecule has 0 radical (unpaired) electrons. The normalized spacial score (nSPS) is 16.7. The zero-order valence-electron chi connectivity index (χ0n) is 13.8. The smallest absolute Gasteiger partial charge is 0.325 e. The van der Waals surface area contributed by atoms with Crippen LogP contribution in [0.5, 0.6) is 0 Å². The first-order valence-corrected chi connectivity index (χ1v) is 9.05. The zero-order valence-corrected chi connectivity index (χ0v) is 14.6. The maximum absolute atomic E-state index is 13.6. The number of thiophene rings is 1. The van der Waals surface area contributed by atoms with Gasteiger partial charge >= 0.3 is 6.18 Å². The van der Waals surface area contributed by atoms with Gasteiger partial charge in [0.05, 0.1) is 11.3 Å². The molecule has 0 saturated carbocycles. The second-order valence-electron chi connectivity index (χ2n) is 6.32. The average molecular weight is 391 g/mol. The number of amides is 1. The van der Waals surface area contributed by atoms with Crippen LogP contribution in [0.1, 0.15) is 28.3 Å². The van der Waals surface area contributed by atoms with Gasteiger partial charge in [-0.3, -0.25) is 4.79 Å². The Labute approximate surface area is 156 Å². The molecule has 7 heteroatoms. The van der Waals surface area contributed by atoms with Crippen molar-refractivity contribution in [3.05, 3.63) is 75.7 Å². The summed E-state index contributed by atoms with van der Waals surface area (Å²) in [5.41, 5.74) is 1.87. The molecule has 1 N–H and O–H groups in total. The fraction of sp³-hybridized carbons (Fsp3) is 0.150. The molecule has 0 spiro atoms. The van der Waals surface area contributed by atoms with E-state index in [-0.39, 0.29) is 24.1 Å². The van der Waals surface area contributed by atoms with Gasteiger partial charge in [0.2, 0.25) is 5.91 Å². The van der Waals surface area contributed by atoms with Crippen LogP contribution in [0.2, 0.25) is 0 Å². The molecule has 2 nitrogen and oxygen atoms in total. The van der Waals surface area contributed by atoms with Crippen molar-refractivity contribution in [1.29, 1.82) is 0 Å². The average Bonchev–Trinajstić information content (AvgIpc) is 3.04. The minimum atomic E-state index is -4.40. The number of benzene rings is 2. The Kier molecular flexibility index (Phi) is 4.26. The number of nitrogens with one attached hydrogen (secondary N) is 1. The molecule has 1 atom stereocenters. The Bertz CT molecular complexity index is 1010. The number of carbonyl (C=O) groups excluding carboxylic acids is 1. The highest BCUT2D eigenvalue weighted by molar-refractivity contribution is 7.11. The summed E-state index contributed by atoms with van der Waals surface area (Å²) in [7, 11) is 0. The highest BCUT2D eigenvalue weighted by Gasteiger charge is 2.33. The Morgan fingerprint density at radius 2 is 1.81 bits per heavy atom. The van der Waals surface area contributed by atoms with Crippen LogP contribution in [0.4, 0.5) is 23.2 Å². The lowest BCUT2D eigenvalue weighted by molar-refractivity contribution is -0.137. The number of hydrogen-bond donors (Lipinski definition) is 1. The molecule has 1 amide bonds. The van der Waals surface area contributed by atoms with Crippen LogP contribution in [0.15, 0.2) is 53.9 Å². The number of fused-ring (bicyclic) bond motifs is 1. The largest absolute Gasteiger partial charge is 0.416 e. The SMILES string of the molecule is O=C1C[C@H](c2ccc(C(F)(F)F)cc2)c2scc(-c3cccc(F)c3)c2N1. The van der Waals surface area contributed by atoms with E-state index in [0.29, 0.717) is 22.4 Å². The molecule has 4 rings (SSSR count). The van der Waals surface area contributed by atoms with Gasteiger partial charge < -0.3 is 5.32 Å². The van der Waals surface area contributed by atoms with Crippen LogP contribution < -0.4 is 5.32 Å². The fourth-order valence-electron chi connectivity index (χ4n) is 3.27. The van der Waals surface area contributed by atoms with Crippen LogP contribution in [-0.2, 0) is 11.0 Å². The molecule has 1 aromatic heterocycles. The van der Waals surface area contributed by atoms with Crippen molar-refractivity contribution < 1.29 is 22.4 Å². The van der Waals surface area contributed by atoms with Crippen LogP contribution in [0.3, 0.4) is 0 Å². The van der Waals surface area contributed by atoms with Gasteiger partial charge in [-0.1, -0.05) is 24.3 Å². The highest BCUT2D eigenvalue weighted by Crippen LogP contribution is 2.46. The summed E-state index contributed by atoms with van der Waals surface area (Å²) in [6.07, 6.45) is -4.25. The first-order chi connectivity index (χ1) is 12.8. The van der Waals surface area contributed by atoms with E-state index in [9.17, 15) is 22.4 Å². The monoisotopic (exact) mass is 391 g/mol. The number of carbonyl (C=O) groups is 1. The standard InChI is InChI=1S/C20H13F4NOS/c21-14-3-1-2-12(8-14)16-10-27-19-15(9-17(26)25-18(16)19)11-4-6-13(7-5-11)20(22,23)24/h1-8,10,15H,9H2,(H,25,26)/t15-/m1/s1. The van der Waals surface area contributed by atoms with Crippen LogP contribution in [0, 0.1) is 5.82 Å². The first kappa shape index (κ1) is 17.7. The summed E-state index contributed by atoms with van der Waals surface area (Å²) in [4.78, 5) is 13.1. The van der Waals surface area contributed by atoms with Crippen molar-refractivity contribution in [2.24, 2.45) is 0 Å². The number of hydrogen-bond acceptors (Lipinski definition) is 2. The van der Waals surface area contributed by atoms with Gasteiger partial charge in [0, 0.05) is 28.2 Å². The van der Waals surface area contributed by atoms with Crippen LogP contribution in [-0.4, -0.2) is 5.91 Å². The third-order valence-corrected chi connectivity index (χ3v) is 5.66. The summed E-state index contributed by atoms with van der Waals surface area (Å²) in [5, 5.41) is 4.67. The molecule has 0 bridgehead atoms. The summed E-state index contributed by atoms with van der Waals surface area (Å²) in [5.74, 6) is -0.930. The molecule has 2 heterocycles. The topological polar surface area (TPSA) is 29.1 Å². The van der Waals surface area contributed by atoms with Gasteiger partial charge in [-0.25, -0.2) is 4.39 Å². The third kappa shape index (κ3) is 3.35. The van der Waals surface area contributed by atoms with E-state index in [1.165, 1.54) is 35.6 Å². The molecular weight excluding hydrogens is 378 g/mol. The van der Waals surface area contributed by atoms with E-state index in [1.54, 1.807) is 12.1 Å². The second kappa shape index (κ2) is 6.49. The van der Waals surface area contributed by atoms with Crippen molar-refractivity contribution in [3.63, 3.8) is 0 Å². The van der Waals surface area contributed by atoms with Gasteiger partial charge in [0.25, 0.3) is 0 Å². The molecule has 0 fully saturated rings. The van der Waals surface area contributed by atoms with Crippen molar-refractivity contribution in [1.82, 2.24) is 0 Å². The summed E-state index contributed by atoms with van der Waals surface area (Å²) < 4.78 is 51.9. The minimum absolute atomic E-state index is 0.154. The molecule has 27 heavy (non-hydrogen) atoms. The maximum atomic E-state index is 13.6. The summed E-state index contributed by atoms with van der Waals surface area (Å²) in [6.45, 7) is 0. The fourth-order valence-corrected chi connectivity index (χ4v) is 4.43. The molecule has 0 unspecified atom stereocenters. The Balaban J connectivity index is 1.75. The summed E-state index contributed by atoms with van der Waals surface area (Å²) in [6, 6.07) is 11.0. The quantitative estimate of drug-likeness (QED) is 0.530. The molecule has 0 saturated heterocycles. The van der Waals surface area contributed by atoms with E-state index in [4.69, 9.17) is 0 Å². The van der Waals surface area contributed by atoms with Gasteiger partial charge in [0.1, 0.15) is 5.82 Å². The molecule has 138 valence electrons. The molecule has 1 aliphatic rings. The lowest BCUT2D eigenvalue weighted by Crippen LogP contribution is -2.22. The Hall–Kier alpha value is -2.67. The molecule has 1 aliphatic heterocycles. The van der Waals surface area contributed by atoms with Gasteiger partial charge in [-0.2, -0.15) is 13.2 Å². The molecule has 2 aromatic carbocycles. The van der Waals surface area contributed by atoms with Crippen LogP contribution >= 0.6 is 11.3 Å². The Morgan fingerprint density at radius 1 is 1.07 bits per heavy atom. The molecular formula is C20H13F4NOS. The predicted octanol–water partition coefficient (Wildman–Crippen LogP) is 6.05. The Morgan fingerprint density at radius 3 is 2.48 bits per heavy atom. The predicted molar refractivity (Wildman–Crippen MR) is 96.2 cm³/mol. The van der Waals surface area contributed by atoms with Crippen molar-refractivity contribution in [2.45, 2.75) is 18.5 Å². The number of halogens is 4. The van der Waals surface area contributed by atoms with Crippen molar-refractivity contribution in [3.8, 4) is 11.1 Å². The molecule has 0 aliphatic carbocycles. The van der Waals surface area contributed by atoms with E-state index in [0.717, 1.165) is 17.0 Å². The first-order valence-electron chi connectivity index (χ1n) is 8.17. The summed E-state index contributed by atoms with van der Waals surface area (Å²) >= 11 is 1.41. The van der Waals surface area contributed by atoms with E-state index in [2.05, 4.69) is 5.32 Å². The second-order valence-corrected chi connectivity index (χ2v) is 7.23. The van der Waals surface area contributed by atoms with Gasteiger partial charge in [-0.05, 0) is 35.4 Å². The third-order valence-electron chi connectivity index (χ3n) is 4.57. The maximum Gasteiger partial charge on any atom is 0.416 e. The van der Waals surface area contributed by atoms with Crippen molar-refractivity contribution in [2.75, 3.05) is 5.32 Å². The van der Waals surface area contributed by atoms with E-state index < -0.39 is 11.7 Å². The highest BCUT2D eigenvalue weighted by atomic mass is 32.1.